The predicted octanol–water partition coefficient (Wildman–Crippen LogP) is 6.30. The summed E-state index contributed by atoms with van der Waals surface area (Å²) in [6, 6.07) is 9.66. The molecule has 3 aromatic rings. The summed E-state index contributed by atoms with van der Waals surface area (Å²) in [6.45, 7) is 0. The molecule has 6 heteroatoms. The fraction of sp³-hybridized carbons (Fsp3) is 0. The van der Waals surface area contributed by atoms with Crippen molar-refractivity contribution >= 4 is 58.1 Å². The predicted molar refractivity (Wildman–Crippen MR) is 87.8 cm³/mol. The van der Waals surface area contributed by atoms with E-state index in [1.54, 1.807) is 28.7 Å². The van der Waals surface area contributed by atoms with Crippen molar-refractivity contribution in [1.82, 2.24) is 4.57 Å². The first-order valence-electron chi connectivity index (χ1n) is 5.36. The molecule has 0 aliphatic rings. The minimum Gasteiger partial charge on any atom is -0.291 e. The zero-order valence-corrected chi connectivity index (χ0v) is 13.4. The Balaban J connectivity index is 2.22. The molecule has 1 aromatic carbocycles. The lowest BCUT2D eigenvalue weighted by Crippen LogP contribution is -1.95. The van der Waals surface area contributed by atoms with Crippen LogP contribution in [0.2, 0.25) is 10.0 Å². The first kappa shape index (κ1) is 13.3. The molecule has 0 aliphatic heterocycles. The van der Waals surface area contributed by atoms with Gasteiger partial charge in [0.1, 0.15) is 0 Å². The van der Waals surface area contributed by atoms with Crippen LogP contribution in [-0.4, -0.2) is 4.57 Å². The molecule has 0 atom stereocenters. The topological polar surface area (TPSA) is 4.93 Å². The molecular weight excluding hydrogens is 337 g/mol. The number of rotatable bonds is 2. The van der Waals surface area contributed by atoms with E-state index in [1.165, 1.54) is 4.88 Å². The van der Waals surface area contributed by atoms with Gasteiger partial charge in [0.05, 0.1) is 20.6 Å². The lowest BCUT2D eigenvalue weighted by molar-refractivity contribution is 1.08. The summed E-state index contributed by atoms with van der Waals surface area (Å²) in [6.07, 6.45) is 0. The van der Waals surface area contributed by atoms with E-state index in [0.29, 0.717) is 10.0 Å². The van der Waals surface area contributed by atoms with Gasteiger partial charge in [-0.2, -0.15) is 0 Å². The minimum absolute atomic E-state index is 0.532. The molecule has 0 saturated carbocycles. The molecule has 0 amide bonds. The van der Waals surface area contributed by atoms with Crippen LogP contribution in [0.1, 0.15) is 0 Å². The number of hydrogen-bond donors (Lipinski definition) is 0. The lowest BCUT2D eigenvalue weighted by Gasteiger charge is -2.08. The van der Waals surface area contributed by atoms with Crippen molar-refractivity contribution in [2.75, 3.05) is 0 Å². The van der Waals surface area contributed by atoms with Gasteiger partial charge in [-0.1, -0.05) is 29.3 Å². The number of benzene rings is 1. The highest BCUT2D eigenvalue weighted by Gasteiger charge is 2.11. The third kappa shape index (κ3) is 2.51. The summed E-state index contributed by atoms with van der Waals surface area (Å²) in [7, 11) is 0. The smallest absolute Gasteiger partial charge is 0.166 e. The van der Waals surface area contributed by atoms with Crippen LogP contribution in [-0.2, 0) is 0 Å². The highest BCUT2D eigenvalue weighted by Crippen LogP contribution is 2.32. The van der Waals surface area contributed by atoms with E-state index in [4.69, 9.17) is 35.4 Å². The van der Waals surface area contributed by atoms with Crippen LogP contribution in [0.3, 0.4) is 0 Å². The van der Waals surface area contributed by atoms with Gasteiger partial charge in [0.25, 0.3) is 0 Å². The van der Waals surface area contributed by atoms with Crippen molar-refractivity contribution in [3.8, 4) is 16.3 Å². The highest BCUT2D eigenvalue weighted by atomic mass is 35.5. The van der Waals surface area contributed by atoms with Gasteiger partial charge in [-0.15, -0.1) is 22.7 Å². The van der Waals surface area contributed by atoms with Gasteiger partial charge >= 0.3 is 0 Å². The van der Waals surface area contributed by atoms with Crippen LogP contribution in [0.15, 0.2) is 41.1 Å². The Morgan fingerprint density at radius 2 is 1.89 bits per heavy atom. The Hall–Kier alpha value is -0.650. The highest BCUT2D eigenvalue weighted by molar-refractivity contribution is 7.73. The first-order valence-corrected chi connectivity index (χ1v) is 8.29. The number of hydrogen-bond acceptors (Lipinski definition) is 3. The van der Waals surface area contributed by atoms with Crippen LogP contribution in [0.5, 0.6) is 0 Å². The standard InChI is InChI=1S/C13H7Cl2NS3/c14-9-4-3-8(6-10(9)15)16-11(7-19-13(16)17)12-2-1-5-18-12/h1-7H. The maximum absolute atomic E-state index is 6.09. The van der Waals surface area contributed by atoms with Gasteiger partial charge in [0.15, 0.2) is 3.95 Å². The maximum atomic E-state index is 6.09. The number of halogens is 2. The van der Waals surface area contributed by atoms with Crippen LogP contribution in [0.25, 0.3) is 16.3 Å². The van der Waals surface area contributed by atoms with Gasteiger partial charge < -0.3 is 0 Å². The fourth-order valence-corrected chi connectivity index (χ4v) is 3.97. The van der Waals surface area contributed by atoms with E-state index in [1.807, 2.05) is 22.8 Å². The molecule has 2 aromatic heterocycles. The average Bonchev–Trinajstić information content (AvgIpc) is 3.01. The summed E-state index contributed by atoms with van der Waals surface area (Å²) in [4.78, 5) is 1.18. The van der Waals surface area contributed by atoms with E-state index in [2.05, 4.69) is 16.8 Å². The van der Waals surface area contributed by atoms with E-state index >= 15 is 0 Å². The number of thiazole rings is 1. The van der Waals surface area contributed by atoms with Gasteiger partial charge in [-0.05, 0) is 41.9 Å². The Kier molecular flexibility index (Phi) is 3.78. The van der Waals surface area contributed by atoms with Crippen LogP contribution in [0.4, 0.5) is 0 Å². The molecule has 96 valence electrons. The number of nitrogens with zero attached hydrogens (tertiary/aromatic N) is 1. The Labute approximate surface area is 133 Å². The molecular formula is C13H7Cl2NS3. The summed E-state index contributed by atoms with van der Waals surface area (Å²) in [5.74, 6) is 0. The van der Waals surface area contributed by atoms with E-state index in [0.717, 1.165) is 15.3 Å². The molecule has 0 fully saturated rings. The van der Waals surface area contributed by atoms with Gasteiger partial charge in [0, 0.05) is 11.1 Å². The minimum atomic E-state index is 0.532. The van der Waals surface area contributed by atoms with Crippen molar-refractivity contribution in [3.05, 3.63) is 55.1 Å². The monoisotopic (exact) mass is 343 g/mol. The molecule has 3 rings (SSSR count). The zero-order chi connectivity index (χ0) is 13.4. The lowest BCUT2D eigenvalue weighted by atomic mass is 10.3. The van der Waals surface area contributed by atoms with E-state index in [-0.39, 0.29) is 0 Å². The molecule has 0 N–H and O–H groups in total. The second-order valence-electron chi connectivity index (χ2n) is 3.80. The molecule has 0 aliphatic carbocycles. The quantitative estimate of drug-likeness (QED) is 0.494. The SMILES string of the molecule is S=c1scc(-c2cccs2)n1-c1ccc(Cl)c(Cl)c1. The van der Waals surface area contributed by atoms with Crippen molar-refractivity contribution in [1.29, 1.82) is 0 Å². The zero-order valence-electron chi connectivity index (χ0n) is 9.47. The van der Waals surface area contributed by atoms with Crippen molar-refractivity contribution < 1.29 is 0 Å². The van der Waals surface area contributed by atoms with Crippen LogP contribution >= 0.6 is 58.1 Å². The summed E-state index contributed by atoms with van der Waals surface area (Å²) in [5, 5.41) is 5.19. The fourth-order valence-electron chi connectivity index (χ4n) is 1.77. The summed E-state index contributed by atoms with van der Waals surface area (Å²) in [5.41, 5.74) is 2.02. The van der Waals surface area contributed by atoms with Gasteiger partial charge in [-0.25, -0.2) is 0 Å². The van der Waals surface area contributed by atoms with Crippen LogP contribution < -0.4 is 0 Å². The van der Waals surface area contributed by atoms with Crippen molar-refractivity contribution in [3.63, 3.8) is 0 Å². The van der Waals surface area contributed by atoms with E-state index < -0.39 is 0 Å². The first-order chi connectivity index (χ1) is 9.16. The molecule has 19 heavy (non-hydrogen) atoms. The average molecular weight is 344 g/mol. The molecule has 0 saturated heterocycles. The molecule has 2 heterocycles. The third-order valence-corrected chi connectivity index (χ3v) is 5.46. The summed E-state index contributed by atoms with van der Waals surface area (Å²) >= 11 is 20.7. The second-order valence-corrected chi connectivity index (χ2v) is 7.06. The van der Waals surface area contributed by atoms with Gasteiger partial charge in [-0.3, -0.25) is 4.57 Å². The largest absolute Gasteiger partial charge is 0.291 e. The summed E-state index contributed by atoms with van der Waals surface area (Å²) < 4.78 is 2.82. The Bertz CT molecular complexity index is 772. The third-order valence-electron chi connectivity index (χ3n) is 2.63. The van der Waals surface area contributed by atoms with Gasteiger partial charge in [0.2, 0.25) is 0 Å². The second kappa shape index (κ2) is 5.38. The molecule has 0 bridgehead atoms. The molecule has 0 unspecified atom stereocenters. The van der Waals surface area contributed by atoms with E-state index in [9.17, 15) is 0 Å². The molecule has 0 radical (unpaired) electrons. The molecule has 1 nitrogen and oxygen atoms in total. The van der Waals surface area contributed by atoms with Crippen LogP contribution in [0, 0.1) is 3.95 Å². The number of thiophene rings is 1. The van der Waals surface area contributed by atoms with Crippen molar-refractivity contribution in [2.24, 2.45) is 0 Å². The Morgan fingerprint density at radius 3 is 2.58 bits per heavy atom. The molecule has 0 spiro atoms. The number of aromatic nitrogens is 1. The normalized spacial score (nSPS) is 10.8. The van der Waals surface area contributed by atoms with Crippen molar-refractivity contribution in [2.45, 2.75) is 0 Å². The maximum Gasteiger partial charge on any atom is 0.166 e. The Morgan fingerprint density at radius 1 is 1.05 bits per heavy atom.